The molecule has 3 heterocycles. The second-order valence-electron chi connectivity index (χ2n) is 7.00. The van der Waals surface area contributed by atoms with Gasteiger partial charge in [0.25, 0.3) is 0 Å². The summed E-state index contributed by atoms with van der Waals surface area (Å²) in [6.45, 7) is 6.60. The summed E-state index contributed by atoms with van der Waals surface area (Å²) in [7, 11) is 0. The number of pyridine rings is 1. The van der Waals surface area contributed by atoms with E-state index in [0.29, 0.717) is 12.3 Å². The highest BCUT2D eigenvalue weighted by Gasteiger charge is 2.23. The molecular formula is C20H28N4O. The van der Waals surface area contributed by atoms with Gasteiger partial charge in [-0.2, -0.15) is 0 Å². The van der Waals surface area contributed by atoms with Gasteiger partial charge in [-0.1, -0.05) is 13.0 Å². The fourth-order valence-electron chi connectivity index (χ4n) is 3.64. The molecule has 25 heavy (non-hydrogen) atoms. The van der Waals surface area contributed by atoms with Gasteiger partial charge in [-0.05, 0) is 43.7 Å². The van der Waals surface area contributed by atoms with Gasteiger partial charge in [-0.25, -0.2) is 4.98 Å². The molecule has 2 aromatic rings. The van der Waals surface area contributed by atoms with Gasteiger partial charge in [-0.15, -0.1) is 0 Å². The summed E-state index contributed by atoms with van der Waals surface area (Å²) in [5.74, 6) is 1.86. The average Bonchev–Trinajstić information content (AvgIpc) is 3.09. The van der Waals surface area contributed by atoms with Gasteiger partial charge in [0.2, 0.25) is 5.91 Å². The maximum Gasteiger partial charge on any atom is 0.224 e. The zero-order chi connectivity index (χ0) is 17.6. The van der Waals surface area contributed by atoms with Crippen molar-refractivity contribution in [2.24, 2.45) is 5.92 Å². The van der Waals surface area contributed by atoms with Crippen LogP contribution in [0.3, 0.4) is 0 Å². The molecule has 0 spiro atoms. The normalized spacial score (nSPS) is 17.7. The molecule has 0 aromatic carbocycles. The van der Waals surface area contributed by atoms with E-state index in [0.717, 1.165) is 50.4 Å². The molecule has 3 rings (SSSR count). The molecule has 0 unspecified atom stereocenters. The fraction of sp³-hybridized carbons (Fsp3) is 0.550. The Morgan fingerprint density at radius 1 is 1.32 bits per heavy atom. The average molecular weight is 340 g/mol. The molecule has 0 saturated carbocycles. The molecule has 0 bridgehead atoms. The Balaban J connectivity index is 1.51. The van der Waals surface area contributed by atoms with Crippen LogP contribution in [0.4, 0.5) is 0 Å². The van der Waals surface area contributed by atoms with Crippen LogP contribution in [0.25, 0.3) is 0 Å². The third-order valence-electron chi connectivity index (χ3n) is 5.05. The van der Waals surface area contributed by atoms with Crippen molar-refractivity contribution >= 4 is 5.91 Å². The van der Waals surface area contributed by atoms with Crippen molar-refractivity contribution in [2.75, 3.05) is 13.1 Å². The van der Waals surface area contributed by atoms with Crippen LogP contribution in [0, 0.1) is 12.8 Å². The lowest BCUT2D eigenvalue weighted by atomic mass is 9.91. The first-order valence-electron chi connectivity index (χ1n) is 9.35. The summed E-state index contributed by atoms with van der Waals surface area (Å²) in [6, 6.07) is 4.23. The lowest BCUT2D eigenvalue weighted by Crippen LogP contribution is -2.40. The first kappa shape index (κ1) is 17.6. The van der Waals surface area contributed by atoms with Crippen molar-refractivity contribution in [3.63, 3.8) is 0 Å². The van der Waals surface area contributed by atoms with Gasteiger partial charge in [0.1, 0.15) is 5.82 Å². The summed E-state index contributed by atoms with van der Waals surface area (Å²) in [5.41, 5.74) is 2.33. The molecule has 0 radical (unpaired) electrons. The number of hydrogen-bond acceptors (Lipinski definition) is 3. The van der Waals surface area contributed by atoms with Gasteiger partial charge < -0.3 is 9.47 Å². The Hall–Kier alpha value is -2.17. The molecule has 2 aromatic heterocycles. The van der Waals surface area contributed by atoms with E-state index in [9.17, 15) is 4.79 Å². The first-order valence-corrected chi connectivity index (χ1v) is 9.35. The molecule has 0 N–H and O–H groups in total. The van der Waals surface area contributed by atoms with E-state index in [-0.39, 0.29) is 5.91 Å². The number of hydrogen-bond donors (Lipinski definition) is 0. The van der Waals surface area contributed by atoms with Crippen molar-refractivity contribution in [3.05, 3.63) is 47.8 Å². The number of aromatic nitrogens is 3. The predicted molar refractivity (Wildman–Crippen MR) is 98.2 cm³/mol. The maximum absolute atomic E-state index is 12.6. The van der Waals surface area contributed by atoms with Crippen molar-refractivity contribution < 1.29 is 4.79 Å². The topological polar surface area (TPSA) is 51.0 Å². The van der Waals surface area contributed by atoms with E-state index < -0.39 is 0 Å². The highest BCUT2D eigenvalue weighted by molar-refractivity contribution is 5.76. The van der Waals surface area contributed by atoms with Crippen molar-refractivity contribution in [3.8, 4) is 0 Å². The number of amides is 1. The number of rotatable bonds is 6. The van der Waals surface area contributed by atoms with Crippen molar-refractivity contribution in [1.29, 1.82) is 0 Å². The van der Waals surface area contributed by atoms with Crippen molar-refractivity contribution in [1.82, 2.24) is 19.4 Å². The molecule has 1 amide bonds. The van der Waals surface area contributed by atoms with E-state index in [1.807, 2.05) is 25.5 Å². The number of carbonyl (C=O) groups is 1. The van der Waals surface area contributed by atoms with Gasteiger partial charge in [0, 0.05) is 56.8 Å². The highest BCUT2D eigenvalue weighted by Crippen LogP contribution is 2.21. The number of likely N-dealkylation sites (tertiary alicyclic amines) is 1. The Morgan fingerprint density at radius 2 is 2.20 bits per heavy atom. The quantitative estimate of drug-likeness (QED) is 0.812. The third kappa shape index (κ3) is 4.68. The minimum atomic E-state index is 0.266. The SMILES string of the molecule is CCc1nccn1CCC(=O)N1CCC[C@H](Cc2ccc(C)nc2)C1. The Kier molecular flexibility index (Phi) is 5.84. The van der Waals surface area contributed by atoms with Crippen molar-refractivity contribution in [2.45, 2.75) is 52.5 Å². The van der Waals surface area contributed by atoms with Gasteiger partial charge in [0.15, 0.2) is 0 Å². The van der Waals surface area contributed by atoms with E-state index in [1.165, 1.54) is 12.0 Å². The van der Waals surface area contributed by atoms with Crippen LogP contribution in [0.2, 0.25) is 0 Å². The largest absolute Gasteiger partial charge is 0.342 e. The zero-order valence-corrected chi connectivity index (χ0v) is 15.3. The Labute approximate surface area is 150 Å². The standard InChI is InChI=1S/C20H28N4O/c1-3-19-21-9-12-23(19)11-8-20(25)24-10-4-5-18(15-24)13-17-7-6-16(2)22-14-17/h6-7,9,12,14,18H,3-5,8,10-11,13,15H2,1-2H3/t18-/m1/s1. The molecule has 1 aliphatic rings. The van der Waals surface area contributed by atoms with Crippen LogP contribution in [0.15, 0.2) is 30.7 Å². The maximum atomic E-state index is 12.6. The van der Waals surface area contributed by atoms with E-state index in [4.69, 9.17) is 0 Å². The van der Waals surface area contributed by atoms with Crippen LogP contribution in [0.1, 0.15) is 43.3 Å². The summed E-state index contributed by atoms with van der Waals surface area (Å²) in [4.78, 5) is 23.4. The molecule has 5 nitrogen and oxygen atoms in total. The van der Waals surface area contributed by atoms with Crippen LogP contribution in [-0.2, 0) is 24.2 Å². The monoisotopic (exact) mass is 340 g/mol. The molecule has 134 valence electrons. The highest BCUT2D eigenvalue weighted by atomic mass is 16.2. The summed E-state index contributed by atoms with van der Waals surface area (Å²) < 4.78 is 2.09. The molecule has 1 atom stereocenters. The third-order valence-corrected chi connectivity index (χ3v) is 5.05. The Morgan fingerprint density at radius 3 is 2.96 bits per heavy atom. The van der Waals surface area contributed by atoms with Gasteiger partial charge in [0.05, 0.1) is 0 Å². The predicted octanol–water partition coefficient (Wildman–Crippen LogP) is 3.02. The summed E-state index contributed by atoms with van der Waals surface area (Å²) in [6.07, 6.45) is 10.5. The number of carbonyl (C=O) groups excluding carboxylic acids is 1. The van der Waals surface area contributed by atoms with Crippen LogP contribution in [-0.4, -0.2) is 38.4 Å². The zero-order valence-electron chi connectivity index (χ0n) is 15.3. The smallest absolute Gasteiger partial charge is 0.224 e. The number of piperidine rings is 1. The molecule has 1 aliphatic heterocycles. The number of nitrogens with zero attached hydrogens (tertiary/aromatic N) is 4. The lowest BCUT2D eigenvalue weighted by Gasteiger charge is -2.33. The van der Waals surface area contributed by atoms with Crippen LogP contribution >= 0.6 is 0 Å². The molecular weight excluding hydrogens is 312 g/mol. The van der Waals surface area contributed by atoms with Gasteiger partial charge in [-0.3, -0.25) is 9.78 Å². The second-order valence-corrected chi connectivity index (χ2v) is 7.00. The van der Waals surface area contributed by atoms with Crippen LogP contribution in [0.5, 0.6) is 0 Å². The minimum absolute atomic E-state index is 0.266. The number of imidazole rings is 1. The number of aryl methyl sites for hydroxylation is 3. The lowest BCUT2D eigenvalue weighted by molar-refractivity contribution is -0.133. The van der Waals surface area contributed by atoms with E-state index in [1.54, 1.807) is 0 Å². The summed E-state index contributed by atoms with van der Waals surface area (Å²) >= 11 is 0. The second kappa shape index (κ2) is 8.28. The first-order chi connectivity index (χ1) is 12.2. The van der Waals surface area contributed by atoms with Gasteiger partial charge >= 0.3 is 0 Å². The molecule has 5 heteroatoms. The summed E-state index contributed by atoms with van der Waals surface area (Å²) in [5, 5.41) is 0. The molecule has 0 aliphatic carbocycles. The van der Waals surface area contributed by atoms with E-state index >= 15 is 0 Å². The van der Waals surface area contributed by atoms with E-state index in [2.05, 4.69) is 38.5 Å². The van der Waals surface area contributed by atoms with Crippen LogP contribution < -0.4 is 0 Å². The molecule has 1 fully saturated rings. The molecule has 1 saturated heterocycles. The fourth-order valence-corrected chi connectivity index (χ4v) is 3.64. The minimum Gasteiger partial charge on any atom is -0.342 e. The Bertz CT molecular complexity index is 692.